The second-order valence-corrected chi connectivity index (χ2v) is 7.11. The van der Waals surface area contributed by atoms with Crippen LogP contribution in [0.1, 0.15) is 16.8 Å². The van der Waals surface area contributed by atoms with Crippen LogP contribution in [-0.4, -0.2) is 113 Å². The van der Waals surface area contributed by atoms with E-state index in [1.807, 2.05) is 32.0 Å². The summed E-state index contributed by atoms with van der Waals surface area (Å²) in [5.74, 6) is 1.79. The minimum Gasteiger partial charge on any atom is -0.870 e. The first-order valence-corrected chi connectivity index (χ1v) is 9.41. The van der Waals surface area contributed by atoms with Gasteiger partial charge in [0.1, 0.15) is 11.5 Å². The van der Waals surface area contributed by atoms with Crippen molar-refractivity contribution >= 4 is 80.6 Å². The monoisotopic (exact) mass is 488 g/mol. The summed E-state index contributed by atoms with van der Waals surface area (Å²) in [6, 6.07) is 5.50. The summed E-state index contributed by atoms with van der Waals surface area (Å²) in [5.41, 5.74) is 4.16. The van der Waals surface area contributed by atoms with Gasteiger partial charge in [0.15, 0.2) is 5.16 Å². The first-order chi connectivity index (χ1) is 13.3. The molecule has 1 radical (unpaired) electrons. The second-order valence-electron chi connectivity index (χ2n) is 5.74. The third kappa shape index (κ3) is 9.19. The molecule has 1 atom stereocenters. The maximum absolute atomic E-state index is 12.7. The first kappa shape index (κ1) is 35.1. The van der Waals surface area contributed by atoms with Crippen molar-refractivity contribution in [2.45, 2.75) is 24.8 Å². The number of hydrogen-bond acceptors (Lipinski definition) is 8. The molecule has 2 aromatic heterocycles. The first-order valence-electron chi connectivity index (χ1n) is 8.09. The molecule has 11 nitrogen and oxygen atoms in total. The number of aromatic nitrogens is 3. The maximum atomic E-state index is 12.7. The zero-order valence-electron chi connectivity index (χ0n) is 18.4. The summed E-state index contributed by atoms with van der Waals surface area (Å²) < 4.78 is 23.3. The standard InChI is InChI=1S/C17H19N3O3S.CH2O3.Mg.Na.2H2O/c1-10-8-18-15(11(2)16(10)23-4)9-24(21)17-19-13-6-5-12(22-3)7-14(13)20-17;2-1(3)4;;;;/h5-8H,9H2,1-4H3,(H,19,20);(H2,2,3,4);;;2*1H2/q;;+2;;;/p-2. The third-order valence-electron chi connectivity index (χ3n) is 3.90. The summed E-state index contributed by atoms with van der Waals surface area (Å²) in [7, 11) is 1.91. The van der Waals surface area contributed by atoms with Gasteiger partial charge in [0.2, 0.25) is 0 Å². The Hall–Kier alpha value is -1.45. The SMILES string of the molecule is COc1ccc2nc(S(=O)Cc3ncc(C)c(OC)c3C)[nH]c2c1.O=C(O)O.[Mg+2].[Na].[OH-].[OH-]. The van der Waals surface area contributed by atoms with Gasteiger partial charge >= 0.3 is 29.2 Å². The zero-order valence-corrected chi connectivity index (χ0v) is 22.7. The number of aryl methyl sites for hydroxylation is 1. The number of nitrogens with one attached hydrogen (secondary N) is 1. The fourth-order valence-electron chi connectivity index (χ4n) is 2.61. The number of H-pyrrole nitrogens is 1. The quantitative estimate of drug-likeness (QED) is 0.447. The molecule has 5 N–H and O–H groups in total. The normalized spacial score (nSPS) is 10.0. The number of imidazole rings is 1. The number of nitrogens with zero attached hydrogens (tertiary/aromatic N) is 2. The van der Waals surface area contributed by atoms with Crippen LogP contribution in [0.2, 0.25) is 0 Å². The third-order valence-corrected chi connectivity index (χ3v) is 5.06. The number of pyridine rings is 1. The van der Waals surface area contributed by atoms with Crippen molar-refractivity contribution in [3.8, 4) is 11.5 Å². The van der Waals surface area contributed by atoms with Gasteiger partial charge in [-0.05, 0) is 26.0 Å². The van der Waals surface area contributed by atoms with E-state index in [1.54, 1.807) is 20.4 Å². The van der Waals surface area contributed by atoms with Crippen molar-refractivity contribution in [3.05, 3.63) is 41.2 Å². The molecule has 167 valence electrons. The Bertz CT molecular complexity index is 1030. The summed E-state index contributed by atoms with van der Waals surface area (Å²) in [5, 5.41) is 14.4. The molecule has 1 unspecified atom stereocenters. The Kier molecular flexibility index (Phi) is 17.8. The van der Waals surface area contributed by atoms with Crippen LogP contribution < -0.4 is 9.47 Å². The van der Waals surface area contributed by atoms with Gasteiger partial charge in [0.25, 0.3) is 0 Å². The molecule has 0 spiro atoms. The number of carboxylic acid groups (broad SMARTS) is 2. The van der Waals surface area contributed by atoms with Crippen molar-refractivity contribution in [2.75, 3.05) is 14.2 Å². The number of ether oxygens (including phenoxy) is 2. The average Bonchev–Trinajstić information content (AvgIpc) is 3.07. The number of hydrogen-bond donors (Lipinski definition) is 3. The number of carbonyl (C=O) groups is 1. The van der Waals surface area contributed by atoms with Gasteiger partial charge in [-0.2, -0.15) is 0 Å². The van der Waals surface area contributed by atoms with Crippen molar-refractivity contribution in [1.82, 2.24) is 15.0 Å². The van der Waals surface area contributed by atoms with Crippen molar-refractivity contribution < 1.29 is 39.6 Å². The molecule has 0 aliphatic carbocycles. The Morgan fingerprint density at radius 3 is 2.28 bits per heavy atom. The van der Waals surface area contributed by atoms with Crippen LogP contribution in [0.4, 0.5) is 4.79 Å². The second kappa shape index (κ2) is 16.2. The molecule has 0 saturated heterocycles. The van der Waals surface area contributed by atoms with Gasteiger partial charge in [-0.3, -0.25) is 9.19 Å². The van der Waals surface area contributed by atoms with Crippen molar-refractivity contribution in [1.29, 1.82) is 0 Å². The van der Waals surface area contributed by atoms with Gasteiger partial charge in [-0.1, -0.05) is 0 Å². The van der Waals surface area contributed by atoms with Gasteiger partial charge in [-0.25, -0.2) is 9.78 Å². The number of fused-ring (bicyclic) bond motifs is 1. The van der Waals surface area contributed by atoms with Crippen LogP contribution >= 0.6 is 0 Å². The van der Waals surface area contributed by atoms with E-state index in [2.05, 4.69) is 15.0 Å². The van der Waals surface area contributed by atoms with Crippen molar-refractivity contribution in [2.24, 2.45) is 0 Å². The van der Waals surface area contributed by atoms with Crippen LogP contribution in [0.25, 0.3) is 11.0 Å². The molecule has 0 bridgehead atoms. The molecular formula is C18H23MgN3NaO8S. The van der Waals surface area contributed by atoms with E-state index in [9.17, 15) is 4.21 Å². The van der Waals surface area contributed by atoms with Gasteiger partial charge < -0.3 is 35.6 Å². The van der Waals surface area contributed by atoms with Crippen LogP contribution in [-0.2, 0) is 16.6 Å². The summed E-state index contributed by atoms with van der Waals surface area (Å²) >= 11 is 0. The van der Waals surface area contributed by atoms with E-state index in [1.165, 1.54) is 0 Å². The van der Waals surface area contributed by atoms with Crippen LogP contribution in [0.5, 0.6) is 11.5 Å². The summed E-state index contributed by atoms with van der Waals surface area (Å²) in [6.45, 7) is 3.86. The molecular weight excluding hydrogens is 466 g/mol. The predicted octanol–water partition coefficient (Wildman–Crippen LogP) is 2.01. The molecule has 2 heterocycles. The van der Waals surface area contributed by atoms with Gasteiger partial charge in [0, 0.05) is 52.9 Å². The number of methoxy groups -OCH3 is 2. The summed E-state index contributed by atoms with van der Waals surface area (Å²) in [4.78, 5) is 20.5. The molecule has 0 fully saturated rings. The fraction of sp³-hybridized carbons (Fsp3) is 0.278. The molecule has 0 saturated carbocycles. The Morgan fingerprint density at radius 2 is 1.75 bits per heavy atom. The van der Waals surface area contributed by atoms with E-state index in [0.717, 1.165) is 39.4 Å². The smallest absolute Gasteiger partial charge is 0.870 e. The Morgan fingerprint density at radius 1 is 1.16 bits per heavy atom. The van der Waals surface area contributed by atoms with E-state index >= 15 is 0 Å². The molecule has 1 aromatic carbocycles. The molecule has 32 heavy (non-hydrogen) atoms. The molecule has 0 amide bonds. The molecule has 14 heteroatoms. The average molecular weight is 489 g/mol. The van der Waals surface area contributed by atoms with E-state index < -0.39 is 17.0 Å². The number of benzene rings is 1. The van der Waals surface area contributed by atoms with E-state index in [-0.39, 0.29) is 69.3 Å². The van der Waals surface area contributed by atoms with E-state index in [4.69, 9.17) is 24.5 Å². The van der Waals surface area contributed by atoms with Gasteiger partial charge in [0.05, 0.1) is 47.5 Å². The minimum atomic E-state index is -1.83. The topological polar surface area (TPSA) is 195 Å². The molecule has 0 aliphatic rings. The zero-order chi connectivity index (χ0) is 20.8. The largest absolute Gasteiger partial charge is 2.00 e. The minimum absolute atomic E-state index is 0. The van der Waals surface area contributed by atoms with Crippen LogP contribution in [0.3, 0.4) is 0 Å². The van der Waals surface area contributed by atoms with Crippen LogP contribution in [0.15, 0.2) is 29.6 Å². The van der Waals surface area contributed by atoms with E-state index in [0.29, 0.717) is 5.16 Å². The van der Waals surface area contributed by atoms with Crippen molar-refractivity contribution in [3.63, 3.8) is 0 Å². The fourth-order valence-corrected chi connectivity index (χ4v) is 3.71. The maximum Gasteiger partial charge on any atom is 2.00 e. The van der Waals surface area contributed by atoms with Gasteiger partial charge in [-0.15, -0.1) is 0 Å². The number of aromatic amines is 1. The predicted molar refractivity (Wildman–Crippen MR) is 119 cm³/mol. The van der Waals surface area contributed by atoms with Crippen LogP contribution in [0, 0.1) is 13.8 Å². The molecule has 3 aromatic rings. The Labute approximate surface area is 225 Å². The number of rotatable bonds is 5. The molecule has 0 aliphatic heterocycles. The molecule has 3 rings (SSSR count). The summed E-state index contributed by atoms with van der Waals surface area (Å²) in [6.07, 6.45) is -0.0954. The Balaban J connectivity index is -0.000000974.